The van der Waals surface area contributed by atoms with Gasteiger partial charge in [0.2, 0.25) is 0 Å². The Bertz CT molecular complexity index is 504. The third-order valence-electron chi connectivity index (χ3n) is 3.17. The molecule has 2 aromatic rings. The fourth-order valence-electron chi connectivity index (χ4n) is 2.06. The minimum absolute atomic E-state index is 0.586. The summed E-state index contributed by atoms with van der Waals surface area (Å²) < 4.78 is 3.33. The third-order valence-corrected chi connectivity index (χ3v) is 3.70. The van der Waals surface area contributed by atoms with E-state index in [1.54, 1.807) is 0 Å². The lowest BCUT2D eigenvalue weighted by molar-refractivity contribution is 0.440. The Morgan fingerprint density at radius 3 is 2.68 bits per heavy atom. The number of benzene rings is 1. The minimum atomic E-state index is 0.586. The minimum Gasteiger partial charge on any atom is -0.335 e. The van der Waals surface area contributed by atoms with Crippen molar-refractivity contribution in [3.05, 3.63) is 52.5 Å². The summed E-state index contributed by atoms with van der Waals surface area (Å²) in [5.41, 5.74) is 1.31. The van der Waals surface area contributed by atoms with Crippen LogP contribution in [0.2, 0.25) is 0 Å². The van der Waals surface area contributed by atoms with Gasteiger partial charge in [-0.2, -0.15) is 0 Å². The molecule has 102 valence electrons. The van der Waals surface area contributed by atoms with Crippen LogP contribution in [0.5, 0.6) is 0 Å². The molecule has 4 heteroatoms. The van der Waals surface area contributed by atoms with Crippen LogP contribution in [0.4, 0.5) is 0 Å². The van der Waals surface area contributed by atoms with Gasteiger partial charge >= 0.3 is 0 Å². The predicted octanol–water partition coefficient (Wildman–Crippen LogP) is 3.38. The first-order valence-corrected chi connectivity index (χ1v) is 7.37. The summed E-state index contributed by atoms with van der Waals surface area (Å²) in [5.74, 6) is 1.67. The first-order chi connectivity index (χ1) is 9.15. The average Bonchev–Trinajstić information content (AvgIpc) is 2.78. The van der Waals surface area contributed by atoms with Gasteiger partial charge in [-0.25, -0.2) is 4.98 Å². The Morgan fingerprint density at radius 1 is 1.32 bits per heavy atom. The van der Waals surface area contributed by atoms with Gasteiger partial charge in [0.25, 0.3) is 0 Å². The van der Waals surface area contributed by atoms with Crippen LogP contribution >= 0.6 is 15.9 Å². The Kier molecular flexibility index (Phi) is 5.16. The molecule has 0 fully saturated rings. The highest BCUT2D eigenvalue weighted by molar-refractivity contribution is 9.10. The van der Waals surface area contributed by atoms with E-state index in [-0.39, 0.29) is 0 Å². The molecule has 0 saturated heterocycles. The van der Waals surface area contributed by atoms with Crippen molar-refractivity contribution in [2.45, 2.75) is 26.9 Å². The summed E-state index contributed by atoms with van der Waals surface area (Å²) in [6.45, 7) is 7.24. The highest BCUT2D eigenvalue weighted by Crippen LogP contribution is 2.10. The van der Waals surface area contributed by atoms with Crippen LogP contribution in [0.1, 0.15) is 18.3 Å². The topological polar surface area (TPSA) is 29.9 Å². The molecule has 1 N–H and O–H groups in total. The molecular formula is C15H20BrN3. The molecule has 0 saturated carbocycles. The maximum atomic E-state index is 4.24. The number of aryl methyl sites for hydroxylation is 1. The molecular weight excluding hydrogens is 302 g/mol. The van der Waals surface area contributed by atoms with Crippen LogP contribution < -0.4 is 5.32 Å². The molecule has 3 nitrogen and oxygen atoms in total. The summed E-state index contributed by atoms with van der Waals surface area (Å²) in [5, 5.41) is 3.50. The van der Waals surface area contributed by atoms with E-state index in [9.17, 15) is 0 Å². The SMILES string of the molecule is Cc1nccn1CC(C)CNCc1ccc(Br)cc1. The molecule has 2 rings (SSSR count). The van der Waals surface area contributed by atoms with E-state index >= 15 is 0 Å². The van der Waals surface area contributed by atoms with Crippen LogP contribution in [0.15, 0.2) is 41.1 Å². The van der Waals surface area contributed by atoms with E-state index in [0.717, 1.165) is 29.9 Å². The van der Waals surface area contributed by atoms with Crippen LogP contribution in [-0.4, -0.2) is 16.1 Å². The lowest BCUT2D eigenvalue weighted by Gasteiger charge is -2.14. The monoisotopic (exact) mass is 321 g/mol. The third kappa shape index (κ3) is 4.48. The molecule has 1 unspecified atom stereocenters. The molecule has 19 heavy (non-hydrogen) atoms. The summed E-state index contributed by atoms with van der Waals surface area (Å²) in [6, 6.07) is 8.44. The number of nitrogens with one attached hydrogen (secondary N) is 1. The highest BCUT2D eigenvalue weighted by atomic mass is 79.9. The van der Waals surface area contributed by atoms with E-state index in [2.05, 4.69) is 62.0 Å². The van der Waals surface area contributed by atoms with E-state index < -0.39 is 0 Å². The van der Waals surface area contributed by atoms with Crippen molar-refractivity contribution in [3.63, 3.8) is 0 Å². The van der Waals surface area contributed by atoms with Gasteiger partial charge in [0.05, 0.1) is 0 Å². The zero-order valence-corrected chi connectivity index (χ0v) is 13.0. The fourth-order valence-corrected chi connectivity index (χ4v) is 2.33. The zero-order chi connectivity index (χ0) is 13.7. The Hall–Kier alpha value is -1.13. The second kappa shape index (κ2) is 6.87. The smallest absolute Gasteiger partial charge is 0.105 e. The largest absolute Gasteiger partial charge is 0.335 e. The molecule has 0 spiro atoms. The molecule has 0 amide bonds. The second-order valence-corrected chi connectivity index (χ2v) is 5.91. The molecule has 0 aliphatic heterocycles. The number of rotatable bonds is 6. The summed E-state index contributed by atoms with van der Waals surface area (Å²) in [4.78, 5) is 4.24. The molecule has 1 heterocycles. The van der Waals surface area contributed by atoms with Crippen molar-refractivity contribution < 1.29 is 0 Å². The van der Waals surface area contributed by atoms with E-state index in [0.29, 0.717) is 5.92 Å². The standard InChI is InChI=1S/C15H20BrN3/c1-12(11-19-8-7-18-13(19)2)9-17-10-14-3-5-15(16)6-4-14/h3-8,12,17H,9-11H2,1-2H3. The van der Waals surface area contributed by atoms with E-state index in [1.165, 1.54) is 5.56 Å². The normalized spacial score (nSPS) is 12.6. The van der Waals surface area contributed by atoms with E-state index in [1.807, 2.05) is 19.3 Å². The molecule has 0 aliphatic rings. The van der Waals surface area contributed by atoms with Crippen molar-refractivity contribution in [1.82, 2.24) is 14.9 Å². The average molecular weight is 322 g/mol. The maximum Gasteiger partial charge on any atom is 0.105 e. The molecule has 1 atom stereocenters. The van der Waals surface area contributed by atoms with Gasteiger partial charge < -0.3 is 9.88 Å². The van der Waals surface area contributed by atoms with Gasteiger partial charge in [-0.1, -0.05) is 35.0 Å². The van der Waals surface area contributed by atoms with Crippen LogP contribution in [-0.2, 0) is 13.1 Å². The Morgan fingerprint density at radius 2 is 2.05 bits per heavy atom. The molecule has 0 bridgehead atoms. The maximum absolute atomic E-state index is 4.24. The Balaban J connectivity index is 1.73. The van der Waals surface area contributed by atoms with E-state index in [4.69, 9.17) is 0 Å². The Labute approximate surface area is 123 Å². The van der Waals surface area contributed by atoms with Crippen molar-refractivity contribution in [2.75, 3.05) is 6.54 Å². The second-order valence-electron chi connectivity index (χ2n) is 4.99. The number of nitrogens with zero attached hydrogens (tertiary/aromatic N) is 2. The van der Waals surface area contributed by atoms with Crippen molar-refractivity contribution in [1.29, 1.82) is 0 Å². The quantitative estimate of drug-likeness (QED) is 0.884. The summed E-state index contributed by atoms with van der Waals surface area (Å²) >= 11 is 3.45. The first-order valence-electron chi connectivity index (χ1n) is 6.58. The number of aromatic nitrogens is 2. The van der Waals surface area contributed by atoms with Gasteiger partial charge in [-0.05, 0) is 37.1 Å². The number of hydrogen-bond donors (Lipinski definition) is 1. The molecule has 1 aromatic carbocycles. The molecule has 0 aliphatic carbocycles. The van der Waals surface area contributed by atoms with Crippen molar-refractivity contribution in [3.8, 4) is 0 Å². The first kappa shape index (κ1) is 14.3. The highest BCUT2D eigenvalue weighted by Gasteiger charge is 2.04. The summed E-state index contributed by atoms with van der Waals surface area (Å²) in [6.07, 6.45) is 3.90. The summed E-state index contributed by atoms with van der Waals surface area (Å²) in [7, 11) is 0. The van der Waals surface area contributed by atoms with Crippen molar-refractivity contribution in [2.24, 2.45) is 5.92 Å². The van der Waals surface area contributed by atoms with Crippen molar-refractivity contribution >= 4 is 15.9 Å². The van der Waals surface area contributed by atoms with Crippen LogP contribution in [0, 0.1) is 12.8 Å². The van der Waals surface area contributed by atoms with Gasteiger partial charge in [0, 0.05) is 30.0 Å². The van der Waals surface area contributed by atoms with Gasteiger partial charge in [-0.15, -0.1) is 0 Å². The molecule has 1 aromatic heterocycles. The number of hydrogen-bond acceptors (Lipinski definition) is 2. The zero-order valence-electron chi connectivity index (χ0n) is 11.4. The molecule has 0 radical (unpaired) electrons. The lowest BCUT2D eigenvalue weighted by Crippen LogP contribution is -2.24. The number of halogens is 1. The lowest BCUT2D eigenvalue weighted by atomic mass is 10.1. The van der Waals surface area contributed by atoms with Crippen LogP contribution in [0.25, 0.3) is 0 Å². The fraction of sp³-hybridized carbons (Fsp3) is 0.400. The van der Waals surface area contributed by atoms with Gasteiger partial charge in [0.15, 0.2) is 0 Å². The van der Waals surface area contributed by atoms with Gasteiger partial charge in [0.1, 0.15) is 5.82 Å². The van der Waals surface area contributed by atoms with Gasteiger partial charge in [-0.3, -0.25) is 0 Å². The number of imidazole rings is 1. The van der Waals surface area contributed by atoms with Crippen LogP contribution in [0.3, 0.4) is 0 Å². The predicted molar refractivity (Wildman–Crippen MR) is 82.0 cm³/mol.